The largest absolute Gasteiger partial charge is 0.336 e. The van der Waals surface area contributed by atoms with Crippen molar-refractivity contribution in [3.8, 4) is 0 Å². The molecule has 1 aliphatic rings. The highest BCUT2D eigenvalue weighted by Crippen LogP contribution is 2.22. The summed E-state index contributed by atoms with van der Waals surface area (Å²) in [6, 6.07) is 6.42. The third-order valence-corrected chi connectivity index (χ3v) is 4.90. The third kappa shape index (κ3) is 4.07. The predicted octanol–water partition coefficient (Wildman–Crippen LogP) is 1.47. The van der Waals surface area contributed by atoms with Crippen molar-refractivity contribution in [2.75, 3.05) is 6.54 Å². The average molecular weight is 371 g/mol. The Balaban J connectivity index is 1.76. The summed E-state index contributed by atoms with van der Waals surface area (Å²) in [6.45, 7) is 0.633. The number of aromatic nitrogens is 2. The highest BCUT2D eigenvalue weighted by molar-refractivity contribution is 5.92. The lowest BCUT2D eigenvalue weighted by molar-refractivity contribution is -0.126. The zero-order chi connectivity index (χ0) is 19.6. The molecule has 3 rings (SSSR count). The molecule has 0 unspecified atom stereocenters. The molecule has 0 saturated carbocycles. The Bertz CT molecular complexity index is 1010. The zero-order valence-corrected chi connectivity index (χ0v) is 15.4. The van der Waals surface area contributed by atoms with Gasteiger partial charge in [-0.3, -0.25) is 14.2 Å². The monoisotopic (exact) mass is 371 g/mol. The van der Waals surface area contributed by atoms with Crippen molar-refractivity contribution in [3.05, 3.63) is 74.3 Å². The van der Waals surface area contributed by atoms with Crippen LogP contribution in [0.4, 0.5) is 4.39 Å². The zero-order valence-electron chi connectivity index (χ0n) is 15.4. The van der Waals surface area contributed by atoms with Gasteiger partial charge >= 0.3 is 5.69 Å². The molecule has 2 heterocycles. The van der Waals surface area contributed by atoms with Crippen LogP contribution >= 0.6 is 0 Å². The van der Waals surface area contributed by atoms with Gasteiger partial charge in [0.15, 0.2) is 0 Å². The van der Waals surface area contributed by atoms with Crippen molar-refractivity contribution in [1.82, 2.24) is 14.0 Å². The molecule has 1 atom stereocenters. The fourth-order valence-electron chi connectivity index (χ4n) is 3.48. The number of aryl methyl sites for hydroxylation is 1. The van der Waals surface area contributed by atoms with Crippen LogP contribution in [0.5, 0.6) is 0 Å². The molecule has 0 N–H and O–H groups in total. The topological polar surface area (TPSA) is 64.3 Å². The van der Waals surface area contributed by atoms with Gasteiger partial charge in [0.05, 0.1) is 5.56 Å². The van der Waals surface area contributed by atoms with E-state index >= 15 is 0 Å². The van der Waals surface area contributed by atoms with E-state index in [0.29, 0.717) is 13.0 Å². The standard InChI is InChI=1S/C20H22FN3O3/c1-22-13-15(19(26)23(2)20(22)27)8-9-18(25)24-10-4-7-17(24)12-14-5-3-6-16(21)11-14/h3,5-6,8-9,11,13,17H,4,7,10,12H2,1-2H3/b9-8+/t17-/m1/s1. The summed E-state index contributed by atoms with van der Waals surface area (Å²) in [5, 5.41) is 0. The van der Waals surface area contributed by atoms with Crippen LogP contribution in [0.3, 0.4) is 0 Å². The van der Waals surface area contributed by atoms with Crippen molar-refractivity contribution in [2.24, 2.45) is 14.1 Å². The Morgan fingerprint density at radius 3 is 2.81 bits per heavy atom. The highest BCUT2D eigenvalue weighted by Gasteiger charge is 2.27. The number of rotatable bonds is 4. The lowest BCUT2D eigenvalue weighted by Crippen LogP contribution is -2.38. The van der Waals surface area contributed by atoms with Gasteiger partial charge in [-0.1, -0.05) is 12.1 Å². The summed E-state index contributed by atoms with van der Waals surface area (Å²) in [5.41, 5.74) is 0.266. The Morgan fingerprint density at radius 1 is 1.30 bits per heavy atom. The molecule has 142 valence electrons. The summed E-state index contributed by atoms with van der Waals surface area (Å²) in [7, 11) is 2.95. The lowest BCUT2D eigenvalue weighted by Gasteiger charge is -2.23. The number of likely N-dealkylation sites (tertiary alicyclic amines) is 1. The first-order valence-corrected chi connectivity index (χ1v) is 8.86. The van der Waals surface area contributed by atoms with E-state index in [2.05, 4.69) is 0 Å². The minimum Gasteiger partial charge on any atom is -0.336 e. The fraction of sp³-hybridized carbons (Fsp3) is 0.350. The molecule has 1 saturated heterocycles. The summed E-state index contributed by atoms with van der Waals surface area (Å²) >= 11 is 0. The van der Waals surface area contributed by atoms with E-state index in [4.69, 9.17) is 0 Å². The van der Waals surface area contributed by atoms with Crippen LogP contribution in [0.2, 0.25) is 0 Å². The molecule has 2 aromatic rings. The van der Waals surface area contributed by atoms with Crippen LogP contribution in [0.15, 0.2) is 46.1 Å². The molecule has 1 amide bonds. The SMILES string of the molecule is Cn1cc(/C=C/C(=O)N2CCC[C@@H]2Cc2cccc(F)c2)c(=O)n(C)c1=O. The molecule has 0 bridgehead atoms. The van der Waals surface area contributed by atoms with Crippen molar-refractivity contribution in [1.29, 1.82) is 0 Å². The molecule has 0 radical (unpaired) electrons. The van der Waals surface area contributed by atoms with E-state index in [1.807, 2.05) is 6.07 Å². The van der Waals surface area contributed by atoms with E-state index in [-0.39, 0.29) is 23.3 Å². The van der Waals surface area contributed by atoms with Crippen LogP contribution in [0, 0.1) is 5.82 Å². The number of amides is 1. The lowest BCUT2D eigenvalue weighted by atomic mass is 10.0. The second-order valence-corrected chi connectivity index (χ2v) is 6.84. The smallest absolute Gasteiger partial charge is 0.330 e. The minimum absolute atomic E-state index is 0.00640. The molecular weight excluding hydrogens is 349 g/mol. The Hall–Kier alpha value is -2.96. The molecular formula is C20H22FN3O3. The van der Waals surface area contributed by atoms with Crippen molar-refractivity contribution < 1.29 is 9.18 Å². The van der Waals surface area contributed by atoms with Gasteiger partial charge in [0.1, 0.15) is 5.82 Å². The van der Waals surface area contributed by atoms with Gasteiger partial charge in [0, 0.05) is 39.0 Å². The van der Waals surface area contributed by atoms with Crippen molar-refractivity contribution in [2.45, 2.75) is 25.3 Å². The molecule has 1 fully saturated rings. The molecule has 7 heteroatoms. The van der Waals surface area contributed by atoms with Crippen LogP contribution in [-0.4, -0.2) is 32.5 Å². The minimum atomic E-state index is -0.445. The molecule has 0 spiro atoms. The second kappa shape index (κ2) is 7.73. The van der Waals surface area contributed by atoms with Gasteiger partial charge in [-0.25, -0.2) is 9.18 Å². The molecule has 1 aromatic carbocycles. The second-order valence-electron chi connectivity index (χ2n) is 6.84. The normalized spacial score (nSPS) is 17.0. The van der Waals surface area contributed by atoms with Gasteiger partial charge in [0.25, 0.3) is 5.56 Å². The van der Waals surface area contributed by atoms with Gasteiger partial charge in [-0.2, -0.15) is 0 Å². The van der Waals surface area contributed by atoms with Crippen LogP contribution in [-0.2, 0) is 25.3 Å². The number of nitrogens with zero attached hydrogens (tertiary/aromatic N) is 3. The predicted molar refractivity (Wildman–Crippen MR) is 101 cm³/mol. The Morgan fingerprint density at radius 2 is 2.07 bits per heavy atom. The molecule has 1 aliphatic heterocycles. The first-order valence-electron chi connectivity index (χ1n) is 8.86. The quantitative estimate of drug-likeness (QED) is 0.765. The summed E-state index contributed by atoms with van der Waals surface area (Å²) in [6.07, 6.45) is 6.58. The van der Waals surface area contributed by atoms with Gasteiger partial charge < -0.3 is 9.47 Å². The number of carbonyl (C=O) groups excluding carboxylic acids is 1. The van der Waals surface area contributed by atoms with E-state index in [1.165, 1.54) is 42.1 Å². The molecule has 6 nitrogen and oxygen atoms in total. The number of hydrogen-bond acceptors (Lipinski definition) is 3. The first kappa shape index (κ1) is 18.8. The number of carbonyl (C=O) groups is 1. The number of benzene rings is 1. The van der Waals surface area contributed by atoms with E-state index in [1.54, 1.807) is 18.0 Å². The molecule has 0 aliphatic carbocycles. The van der Waals surface area contributed by atoms with E-state index in [9.17, 15) is 18.8 Å². The Kier molecular flexibility index (Phi) is 5.39. The Labute approximate surface area is 156 Å². The van der Waals surface area contributed by atoms with Gasteiger partial charge in [-0.05, 0) is 43.0 Å². The van der Waals surface area contributed by atoms with Gasteiger partial charge in [-0.15, -0.1) is 0 Å². The maximum Gasteiger partial charge on any atom is 0.330 e. The first-order chi connectivity index (χ1) is 12.9. The summed E-state index contributed by atoms with van der Waals surface area (Å²) in [5.74, 6) is -0.474. The van der Waals surface area contributed by atoms with E-state index < -0.39 is 11.2 Å². The van der Waals surface area contributed by atoms with Crippen molar-refractivity contribution in [3.63, 3.8) is 0 Å². The summed E-state index contributed by atoms with van der Waals surface area (Å²) < 4.78 is 15.7. The maximum absolute atomic E-state index is 13.4. The van der Waals surface area contributed by atoms with Crippen LogP contribution < -0.4 is 11.2 Å². The highest BCUT2D eigenvalue weighted by atomic mass is 19.1. The molecule has 1 aromatic heterocycles. The van der Waals surface area contributed by atoms with Crippen LogP contribution in [0.25, 0.3) is 6.08 Å². The number of hydrogen-bond donors (Lipinski definition) is 0. The molecule has 27 heavy (non-hydrogen) atoms. The maximum atomic E-state index is 13.4. The van der Waals surface area contributed by atoms with Crippen LogP contribution in [0.1, 0.15) is 24.0 Å². The number of halogens is 1. The average Bonchev–Trinajstić information content (AvgIpc) is 3.10. The van der Waals surface area contributed by atoms with E-state index in [0.717, 1.165) is 23.0 Å². The summed E-state index contributed by atoms with van der Waals surface area (Å²) in [4.78, 5) is 38.3. The third-order valence-electron chi connectivity index (χ3n) is 4.90. The van der Waals surface area contributed by atoms with Crippen molar-refractivity contribution >= 4 is 12.0 Å². The fourth-order valence-corrected chi connectivity index (χ4v) is 3.48. The van der Waals surface area contributed by atoms with Gasteiger partial charge in [0.2, 0.25) is 5.91 Å².